The van der Waals surface area contributed by atoms with Gasteiger partial charge in [-0.05, 0) is 37.4 Å². The summed E-state index contributed by atoms with van der Waals surface area (Å²) in [7, 11) is 0. The van der Waals surface area contributed by atoms with Crippen LogP contribution < -0.4 is 10.2 Å². The Morgan fingerprint density at radius 3 is 3.12 bits per heavy atom. The Kier molecular flexibility index (Phi) is 2.74. The summed E-state index contributed by atoms with van der Waals surface area (Å²) in [6.07, 6.45) is 4.26. The van der Waals surface area contributed by atoms with Crippen molar-refractivity contribution >= 4 is 17.4 Å². The number of fused-ring (bicyclic) bond motifs is 1. The van der Waals surface area contributed by atoms with Gasteiger partial charge in [-0.15, -0.1) is 0 Å². The molecule has 0 aromatic carbocycles. The van der Waals surface area contributed by atoms with E-state index in [0.29, 0.717) is 5.02 Å². The molecular formula is C12H16ClN3. The number of anilines is 1. The van der Waals surface area contributed by atoms with Gasteiger partial charge in [0.05, 0.1) is 5.02 Å². The summed E-state index contributed by atoms with van der Waals surface area (Å²) in [6.45, 7) is 3.41. The van der Waals surface area contributed by atoms with Crippen LogP contribution in [-0.4, -0.2) is 30.7 Å². The summed E-state index contributed by atoms with van der Waals surface area (Å²) >= 11 is 5.85. The molecule has 2 atom stereocenters. The number of piperidine rings is 1. The zero-order valence-electron chi connectivity index (χ0n) is 9.19. The van der Waals surface area contributed by atoms with Crippen molar-refractivity contribution in [1.29, 1.82) is 0 Å². The number of aromatic nitrogens is 1. The number of rotatable bonds is 1. The maximum Gasteiger partial charge on any atom is 0.128 e. The van der Waals surface area contributed by atoms with E-state index in [0.717, 1.165) is 30.9 Å². The third-order valence-corrected chi connectivity index (χ3v) is 3.91. The van der Waals surface area contributed by atoms with E-state index in [9.17, 15) is 0 Å². The molecule has 2 aliphatic heterocycles. The quantitative estimate of drug-likeness (QED) is 0.809. The van der Waals surface area contributed by atoms with Crippen LogP contribution >= 0.6 is 11.6 Å². The summed E-state index contributed by atoms with van der Waals surface area (Å²) < 4.78 is 0. The van der Waals surface area contributed by atoms with Crippen LogP contribution in [0.3, 0.4) is 0 Å². The number of nitrogens with zero attached hydrogens (tertiary/aromatic N) is 2. The number of pyridine rings is 1. The van der Waals surface area contributed by atoms with Crippen LogP contribution in [-0.2, 0) is 0 Å². The van der Waals surface area contributed by atoms with Crippen LogP contribution in [0.2, 0.25) is 5.02 Å². The lowest BCUT2D eigenvalue weighted by Crippen LogP contribution is -2.44. The third-order valence-electron chi connectivity index (χ3n) is 3.69. The zero-order chi connectivity index (χ0) is 11.0. The van der Waals surface area contributed by atoms with E-state index < -0.39 is 0 Å². The van der Waals surface area contributed by atoms with Crippen molar-refractivity contribution in [3.05, 3.63) is 23.4 Å². The number of halogens is 1. The van der Waals surface area contributed by atoms with Crippen molar-refractivity contribution in [3.8, 4) is 0 Å². The van der Waals surface area contributed by atoms with Crippen LogP contribution in [0.1, 0.15) is 12.8 Å². The van der Waals surface area contributed by atoms with Gasteiger partial charge in [-0.1, -0.05) is 11.6 Å². The Balaban J connectivity index is 1.74. The van der Waals surface area contributed by atoms with E-state index in [-0.39, 0.29) is 0 Å². The molecule has 0 bridgehead atoms. The molecule has 16 heavy (non-hydrogen) atoms. The summed E-state index contributed by atoms with van der Waals surface area (Å²) in [4.78, 5) is 6.77. The molecule has 1 N–H and O–H groups in total. The highest BCUT2D eigenvalue weighted by Gasteiger charge is 2.32. The molecule has 3 rings (SSSR count). The van der Waals surface area contributed by atoms with Gasteiger partial charge in [0.1, 0.15) is 5.82 Å². The molecule has 0 saturated carbocycles. The van der Waals surface area contributed by atoms with Gasteiger partial charge >= 0.3 is 0 Å². The Morgan fingerprint density at radius 2 is 2.31 bits per heavy atom. The Labute approximate surface area is 101 Å². The molecule has 3 heterocycles. The van der Waals surface area contributed by atoms with Gasteiger partial charge in [0.2, 0.25) is 0 Å². The van der Waals surface area contributed by atoms with E-state index >= 15 is 0 Å². The van der Waals surface area contributed by atoms with Crippen molar-refractivity contribution in [2.45, 2.75) is 18.9 Å². The first-order valence-electron chi connectivity index (χ1n) is 5.93. The van der Waals surface area contributed by atoms with Gasteiger partial charge in [0, 0.05) is 25.3 Å². The maximum absolute atomic E-state index is 5.85. The Hall–Kier alpha value is -0.800. The summed E-state index contributed by atoms with van der Waals surface area (Å²) in [5.74, 6) is 1.86. The lowest BCUT2D eigenvalue weighted by molar-refractivity contribution is 0.375. The molecule has 2 fully saturated rings. The first-order chi connectivity index (χ1) is 7.83. The molecule has 2 aliphatic rings. The molecule has 4 heteroatoms. The third kappa shape index (κ3) is 1.89. The minimum atomic E-state index is 0.709. The smallest absolute Gasteiger partial charge is 0.128 e. The minimum Gasteiger partial charge on any atom is -0.356 e. The molecule has 2 saturated heterocycles. The van der Waals surface area contributed by atoms with Crippen LogP contribution in [0.4, 0.5) is 5.82 Å². The van der Waals surface area contributed by atoms with Gasteiger partial charge in [-0.3, -0.25) is 0 Å². The van der Waals surface area contributed by atoms with Crippen molar-refractivity contribution in [3.63, 3.8) is 0 Å². The van der Waals surface area contributed by atoms with Gasteiger partial charge in [0.25, 0.3) is 0 Å². The second-order valence-corrected chi connectivity index (χ2v) is 5.12. The number of nitrogens with one attached hydrogen (secondary N) is 1. The Bertz CT molecular complexity index is 365. The second kappa shape index (κ2) is 4.22. The molecular weight excluding hydrogens is 222 g/mol. The standard InChI is InChI=1S/C12H16ClN3/c13-10-1-2-12(15-7-10)16-6-4-11-9(8-16)3-5-14-11/h1-2,7,9,11,14H,3-6,8H2. The molecule has 0 spiro atoms. The number of hydrogen-bond donors (Lipinski definition) is 1. The van der Waals surface area contributed by atoms with Gasteiger partial charge in [-0.2, -0.15) is 0 Å². The highest BCUT2D eigenvalue weighted by Crippen LogP contribution is 2.27. The summed E-state index contributed by atoms with van der Waals surface area (Å²) in [6, 6.07) is 4.68. The predicted octanol–water partition coefficient (Wildman–Crippen LogP) is 1.92. The number of hydrogen-bond acceptors (Lipinski definition) is 3. The van der Waals surface area contributed by atoms with Gasteiger partial charge < -0.3 is 10.2 Å². The monoisotopic (exact) mass is 237 g/mol. The van der Waals surface area contributed by atoms with Crippen LogP contribution in [0.5, 0.6) is 0 Å². The van der Waals surface area contributed by atoms with Crippen LogP contribution in [0, 0.1) is 5.92 Å². The largest absolute Gasteiger partial charge is 0.356 e. The van der Waals surface area contributed by atoms with Gasteiger partial charge in [-0.25, -0.2) is 4.98 Å². The highest BCUT2D eigenvalue weighted by molar-refractivity contribution is 6.30. The average Bonchev–Trinajstić information content (AvgIpc) is 2.77. The molecule has 1 aromatic rings. The zero-order valence-corrected chi connectivity index (χ0v) is 9.95. The first-order valence-corrected chi connectivity index (χ1v) is 6.30. The van der Waals surface area contributed by atoms with Crippen molar-refractivity contribution in [2.24, 2.45) is 5.92 Å². The van der Waals surface area contributed by atoms with E-state index in [1.807, 2.05) is 12.1 Å². The first kappa shape index (κ1) is 10.4. The SMILES string of the molecule is Clc1ccc(N2CCC3NCCC3C2)nc1. The molecule has 0 radical (unpaired) electrons. The summed E-state index contributed by atoms with van der Waals surface area (Å²) in [5, 5.41) is 4.28. The minimum absolute atomic E-state index is 0.709. The lowest BCUT2D eigenvalue weighted by atomic mass is 9.93. The highest BCUT2D eigenvalue weighted by atomic mass is 35.5. The fourth-order valence-corrected chi connectivity index (χ4v) is 2.92. The average molecular weight is 238 g/mol. The normalized spacial score (nSPS) is 29.2. The fourth-order valence-electron chi connectivity index (χ4n) is 2.81. The van der Waals surface area contributed by atoms with Crippen LogP contribution in [0.25, 0.3) is 0 Å². The molecule has 0 amide bonds. The van der Waals surface area contributed by atoms with E-state index in [1.54, 1.807) is 6.20 Å². The fraction of sp³-hybridized carbons (Fsp3) is 0.583. The molecule has 3 nitrogen and oxygen atoms in total. The molecule has 1 aromatic heterocycles. The molecule has 2 unspecified atom stereocenters. The van der Waals surface area contributed by atoms with Crippen molar-refractivity contribution < 1.29 is 0 Å². The van der Waals surface area contributed by atoms with E-state index in [4.69, 9.17) is 11.6 Å². The van der Waals surface area contributed by atoms with Crippen LogP contribution in [0.15, 0.2) is 18.3 Å². The second-order valence-electron chi connectivity index (χ2n) is 4.68. The molecule has 86 valence electrons. The summed E-state index contributed by atoms with van der Waals surface area (Å²) in [5.41, 5.74) is 0. The van der Waals surface area contributed by atoms with Crippen molar-refractivity contribution in [1.82, 2.24) is 10.3 Å². The molecule has 0 aliphatic carbocycles. The van der Waals surface area contributed by atoms with E-state index in [2.05, 4.69) is 15.2 Å². The lowest BCUT2D eigenvalue weighted by Gasteiger charge is -2.35. The van der Waals surface area contributed by atoms with E-state index in [1.165, 1.54) is 19.4 Å². The topological polar surface area (TPSA) is 28.2 Å². The Morgan fingerprint density at radius 1 is 1.38 bits per heavy atom. The van der Waals surface area contributed by atoms with Crippen molar-refractivity contribution in [2.75, 3.05) is 24.5 Å². The maximum atomic E-state index is 5.85. The predicted molar refractivity (Wildman–Crippen MR) is 66.0 cm³/mol. The van der Waals surface area contributed by atoms with Gasteiger partial charge in [0.15, 0.2) is 0 Å².